The second kappa shape index (κ2) is 6.97. The Labute approximate surface area is 127 Å². The van der Waals surface area contributed by atoms with E-state index >= 15 is 0 Å². The molecule has 1 atom stereocenters. The minimum absolute atomic E-state index is 0.168. The van der Waals surface area contributed by atoms with Gasteiger partial charge < -0.3 is 10.1 Å². The summed E-state index contributed by atoms with van der Waals surface area (Å²) in [6.07, 6.45) is 2.91. The first kappa shape index (κ1) is 15.9. The van der Waals surface area contributed by atoms with Crippen LogP contribution in [0.1, 0.15) is 44.7 Å². The third kappa shape index (κ3) is 5.12. The van der Waals surface area contributed by atoms with E-state index < -0.39 is 0 Å². The zero-order valence-electron chi connectivity index (χ0n) is 13.2. The average molecular weight is 293 g/mol. The van der Waals surface area contributed by atoms with Crippen LogP contribution in [-0.4, -0.2) is 24.0 Å². The molecule has 2 rings (SSSR count). The maximum absolute atomic E-state index is 5.68. The van der Waals surface area contributed by atoms with Crippen LogP contribution in [0.5, 0.6) is 0 Å². The number of hydrogen-bond donors (Lipinski definition) is 1. The summed E-state index contributed by atoms with van der Waals surface area (Å²) in [7, 11) is 0. The largest absolute Gasteiger partial charge is 0.377 e. The fourth-order valence-corrected chi connectivity index (χ4v) is 3.39. The Hall–Kier alpha value is -0.510. The molecule has 1 aromatic rings. The molecule has 1 aliphatic rings. The summed E-state index contributed by atoms with van der Waals surface area (Å²) in [6.45, 7) is 10.7. The van der Waals surface area contributed by atoms with Gasteiger partial charge in [-0.25, -0.2) is 0 Å². The molecule has 1 fully saturated rings. The monoisotopic (exact) mass is 293 g/mol. The van der Waals surface area contributed by atoms with Crippen molar-refractivity contribution in [2.45, 2.75) is 63.6 Å². The molecule has 112 valence electrons. The van der Waals surface area contributed by atoms with Gasteiger partial charge in [0.25, 0.3) is 0 Å². The Kier molecular flexibility index (Phi) is 5.53. The highest BCUT2D eigenvalue weighted by Crippen LogP contribution is 2.27. The number of hydrogen-bond acceptors (Lipinski definition) is 3. The van der Waals surface area contributed by atoms with Gasteiger partial charge in [-0.1, -0.05) is 12.1 Å². The molecule has 0 saturated carbocycles. The molecule has 2 nitrogen and oxygen atoms in total. The Balaban J connectivity index is 1.88. The van der Waals surface area contributed by atoms with Gasteiger partial charge in [0.1, 0.15) is 0 Å². The van der Waals surface area contributed by atoms with Crippen molar-refractivity contribution in [1.82, 2.24) is 5.32 Å². The first-order chi connectivity index (χ1) is 9.44. The lowest BCUT2D eigenvalue weighted by Gasteiger charge is -2.21. The molecule has 1 heterocycles. The van der Waals surface area contributed by atoms with Gasteiger partial charge in [-0.2, -0.15) is 0 Å². The third-order valence-corrected chi connectivity index (χ3v) is 4.82. The van der Waals surface area contributed by atoms with E-state index in [1.807, 2.05) is 11.8 Å². The van der Waals surface area contributed by atoms with Crippen LogP contribution in [0.25, 0.3) is 0 Å². The normalized spacial score (nSPS) is 19.5. The van der Waals surface area contributed by atoms with Crippen molar-refractivity contribution in [2.75, 3.05) is 12.4 Å². The number of rotatable bonds is 5. The van der Waals surface area contributed by atoms with Crippen LogP contribution >= 0.6 is 11.8 Å². The minimum atomic E-state index is 0.168. The van der Waals surface area contributed by atoms with Gasteiger partial charge in [-0.05, 0) is 57.7 Å². The lowest BCUT2D eigenvalue weighted by atomic mass is 10.1. The highest BCUT2D eigenvalue weighted by molar-refractivity contribution is 7.99. The topological polar surface area (TPSA) is 21.3 Å². The number of benzene rings is 1. The van der Waals surface area contributed by atoms with Crippen molar-refractivity contribution < 1.29 is 4.74 Å². The molecule has 0 aliphatic carbocycles. The van der Waals surface area contributed by atoms with Gasteiger partial charge in [0, 0.05) is 29.3 Å². The maximum Gasteiger partial charge on any atom is 0.0669 e. The SMILES string of the molecule is Cc1cc(CNC(C)(C)C)ccc1SCC1CCCO1. The zero-order valence-corrected chi connectivity index (χ0v) is 14.0. The molecule has 0 spiro atoms. The molecule has 0 radical (unpaired) electrons. The molecule has 1 aliphatic heterocycles. The predicted molar refractivity (Wildman–Crippen MR) is 87.5 cm³/mol. The second-order valence-electron chi connectivity index (χ2n) is 6.65. The van der Waals surface area contributed by atoms with Gasteiger partial charge in [-0.3, -0.25) is 0 Å². The van der Waals surface area contributed by atoms with Crippen LogP contribution in [0.3, 0.4) is 0 Å². The number of nitrogens with one attached hydrogen (secondary N) is 1. The van der Waals surface area contributed by atoms with Crippen molar-refractivity contribution in [3.63, 3.8) is 0 Å². The summed E-state index contributed by atoms with van der Waals surface area (Å²) >= 11 is 1.93. The van der Waals surface area contributed by atoms with Gasteiger partial charge in [0.15, 0.2) is 0 Å². The van der Waals surface area contributed by atoms with E-state index in [9.17, 15) is 0 Å². The minimum Gasteiger partial charge on any atom is -0.377 e. The van der Waals surface area contributed by atoms with Crippen LogP contribution in [0.2, 0.25) is 0 Å². The van der Waals surface area contributed by atoms with Crippen molar-refractivity contribution >= 4 is 11.8 Å². The Bertz CT molecular complexity index is 433. The van der Waals surface area contributed by atoms with Crippen LogP contribution in [-0.2, 0) is 11.3 Å². The molecule has 1 aromatic carbocycles. The smallest absolute Gasteiger partial charge is 0.0669 e. The van der Waals surface area contributed by atoms with Crippen LogP contribution in [0.4, 0.5) is 0 Å². The molecule has 20 heavy (non-hydrogen) atoms. The molecule has 3 heteroatoms. The van der Waals surface area contributed by atoms with E-state index in [1.165, 1.54) is 28.9 Å². The van der Waals surface area contributed by atoms with E-state index in [0.29, 0.717) is 6.10 Å². The summed E-state index contributed by atoms with van der Waals surface area (Å²) in [5.74, 6) is 1.08. The first-order valence-electron chi connectivity index (χ1n) is 7.53. The van der Waals surface area contributed by atoms with E-state index in [0.717, 1.165) is 18.9 Å². The van der Waals surface area contributed by atoms with Crippen LogP contribution in [0.15, 0.2) is 23.1 Å². The standard InChI is InChI=1S/C17H27NOS/c1-13-10-14(11-18-17(2,3)4)7-8-16(13)20-12-15-6-5-9-19-15/h7-8,10,15,18H,5-6,9,11-12H2,1-4H3. The summed E-state index contributed by atoms with van der Waals surface area (Å²) in [6, 6.07) is 6.80. The average Bonchev–Trinajstić information content (AvgIpc) is 2.87. The number of ether oxygens (including phenoxy) is 1. The van der Waals surface area contributed by atoms with Crippen molar-refractivity contribution in [3.8, 4) is 0 Å². The van der Waals surface area contributed by atoms with E-state index in [4.69, 9.17) is 4.74 Å². The van der Waals surface area contributed by atoms with E-state index in [2.05, 4.69) is 51.2 Å². The Morgan fingerprint density at radius 3 is 2.75 bits per heavy atom. The van der Waals surface area contributed by atoms with Crippen molar-refractivity contribution in [2.24, 2.45) is 0 Å². The van der Waals surface area contributed by atoms with E-state index in [1.54, 1.807) is 0 Å². The van der Waals surface area contributed by atoms with Gasteiger partial charge >= 0.3 is 0 Å². The fraction of sp³-hybridized carbons (Fsp3) is 0.647. The Morgan fingerprint density at radius 2 is 2.15 bits per heavy atom. The summed E-state index contributed by atoms with van der Waals surface area (Å²) in [5, 5.41) is 3.53. The number of aryl methyl sites for hydroxylation is 1. The summed E-state index contributed by atoms with van der Waals surface area (Å²) in [5.41, 5.74) is 2.90. The van der Waals surface area contributed by atoms with Crippen molar-refractivity contribution in [1.29, 1.82) is 0 Å². The predicted octanol–water partition coefficient (Wildman–Crippen LogP) is 4.15. The maximum atomic E-state index is 5.68. The second-order valence-corrected chi connectivity index (χ2v) is 7.71. The lowest BCUT2D eigenvalue weighted by Crippen LogP contribution is -2.35. The summed E-state index contributed by atoms with van der Waals surface area (Å²) in [4.78, 5) is 1.39. The zero-order chi connectivity index (χ0) is 14.6. The molecule has 1 N–H and O–H groups in total. The highest BCUT2D eigenvalue weighted by Gasteiger charge is 2.16. The number of thioether (sulfide) groups is 1. The highest BCUT2D eigenvalue weighted by atomic mass is 32.2. The molecule has 0 bridgehead atoms. The van der Waals surface area contributed by atoms with Crippen LogP contribution in [0, 0.1) is 6.92 Å². The van der Waals surface area contributed by atoms with Gasteiger partial charge in [0.05, 0.1) is 6.10 Å². The molecule has 1 unspecified atom stereocenters. The molecular weight excluding hydrogens is 266 g/mol. The van der Waals surface area contributed by atoms with Crippen molar-refractivity contribution in [3.05, 3.63) is 29.3 Å². The third-order valence-electron chi connectivity index (χ3n) is 3.51. The molecule has 0 amide bonds. The van der Waals surface area contributed by atoms with Gasteiger partial charge in [-0.15, -0.1) is 11.8 Å². The quantitative estimate of drug-likeness (QED) is 0.824. The lowest BCUT2D eigenvalue weighted by molar-refractivity contribution is 0.129. The van der Waals surface area contributed by atoms with Gasteiger partial charge in [0.2, 0.25) is 0 Å². The fourth-order valence-electron chi connectivity index (χ4n) is 2.31. The molecule has 1 saturated heterocycles. The molecular formula is C17H27NOS. The van der Waals surface area contributed by atoms with Crippen LogP contribution < -0.4 is 5.32 Å². The summed E-state index contributed by atoms with van der Waals surface area (Å²) < 4.78 is 5.68. The first-order valence-corrected chi connectivity index (χ1v) is 8.51. The molecule has 0 aromatic heterocycles. The Morgan fingerprint density at radius 1 is 1.35 bits per heavy atom. The van der Waals surface area contributed by atoms with E-state index in [-0.39, 0.29) is 5.54 Å².